The molecule has 4 atom stereocenters. The summed E-state index contributed by atoms with van der Waals surface area (Å²) in [4.78, 5) is 6.42. The number of hydrogen-bond donors (Lipinski definition) is 3. The monoisotopic (exact) mass is 406 g/mol. The molecule has 29 heavy (non-hydrogen) atoms. The van der Waals surface area contributed by atoms with Crippen LogP contribution in [0.1, 0.15) is 72.8 Å². The molecule has 0 saturated carbocycles. The molecular weight excluding hydrogens is 368 g/mol. The summed E-state index contributed by atoms with van der Waals surface area (Å²) in [5, 5.41) is 36.1. The van der Waals surface area contributed by atoms with E-state index in [-0.39, 0.29) is 0 Å². The highest BCUT2D eigenvalue weighted by Gasteiger charge is 2.63. The van der Waals surface area contributed by atoms with Crippen LogP contribution in [0.25, 0.3) is 0 Å². The molecule has 0 aliphatic carbocycles. The van der Waals surface area contributed by atoms with Gasteiger partial charge in [-0.1, -0.05) is 30.3 Å². The Hall–Kier alpha value is -1.02. The van der Waals surface area contributed by atoms with Crippen LogP contribution >= 0.6 is 0 Å². The highest BCUT2D eigenvalue weighted by atomic mass is 16.7. The zero-order valence-corrected chi connectivity index (χ0v) is 18.7. The van der Waals surface area contributed by atoms with Crippen LogP contribution in [0, 0.1) is 0 Å². The van der Waals surface area contributed by atoms with Gasteiger partial charge in [-0.25, -0.2) is 0 Å². The molecule has 0 aromatic heterocycles. The smallest absolute Gasteiger partial charge is 0.0936 e. The lowest BCUT2D eigenvalue weighted by Crippen LogP contribution is -2.78. The zero-order chi connectivity index (χ0) is 21.7. The molecule has 2 fully saturated rings. The standard InChI is InChI=1S/C23H38N2O4/c1-20(2)12-18(26)14-22(5,24(20)28)23(6)15-19(27)13-21(3,4)25(23)29-16-17-10-8-7-9-11-17/h7-11,18-19,26-28H,12-16H2,1-6H3/t18?,19?,22?,23-/m1/s1. The molecule has 0 radical (unpaired) electrons. The fourth-order valence-corrected chi connectivity index (χ4v) is 5.81. The maximum absolute atomic E-state index is 11.3. The van der Waals surface area contributed by atoms with Crippen LogP contribution in [0.5, 0.6) is 0 Å². The van der Waals surface area contributed by atoms with Crippen molar-refractivity contribution in [3.05, 3.63) is 35.9 Å². The van der Waals surface area contributed by atoms with E-state index in [4.69, 9.17) is 4.84 Å². The highest BCUT2D eigenvalue weighted by Crippen LogP contribution is 2.52. The normalized spacial score (nSPS) is 38.1. The summed E-state index contributed by atoms with van der Waals surface area (Å²) in [6.07, 6.45) is 0.864. The molecular formula is C23H38N2O4. The van der Waals surface area contributed by atoms with Gasteiger partial charge in [0.05, 0.1) is 29.9 Å². The number of aliphatic hydroxyl groups is 2. The van der Waals surface area contributed by atoms with E-state index in [1.165, 1.54) is 5.06 Å². The van der Waals surface area contributed by atoms with Crippen molar-refractivity contribution in [3.63, 3.8) is 0 Å². The van der Waals surface area contributed by atoms with Gasteiger partial charge in [-0.2, -0.15) is 10.1 Å². The van der Waals surface area contributed by atoms with Gasteiger partial charge in [0, 0.05) is 11.1 Å². The molecule has 3 rings (SSSR count). The number of aliphatic hydroxyl groups excluding tert-OH is 2. The molecule has 1 aromatic rings. The van der Waals surface area contributed by atoms with Gasteiger partial charge in [0.15, 0.2) is 0 Å². The Morgan fingerprint density at radius 1 is 0.828 bits per heavy atom. The predicted octanol–water partition coefficient (Wildman–Crippen LogP) is 3.50. The van der Waals surface area contributed by atoms with Gasteiger partial charge in [-0.3, -0.25) is 4.84 Å². The lowest BCUT2D eigenvalue weighted by atomic mass is 9.63. The van der Waals surface area contributed by atoms with Gasteiger partial charge in [0.25, 0.3) is 0 Å². The summed E-state index contributed by atoms with van der Waals surface area (Å²) in [6, 6.07) is 10.00. The molecule has 2 aliphatic rings. The average molecular weight is 407 g/mol. The van der Waals surface area contributed by atoms with Crippen molar-refractivity contribution < 1.29 is 20.3 Å². The Morgan fingerprint density at radius 2 is 1.34 bits per heavy atom. The van der Waals surface area contributed by atoms with Crippen LogP contribution in [0.15, 0.2) is 30.3 Å². The van der Waals surface area contributed by atoms with E-state index in [0.717, 1.165) is 5.56 Å². The van der Waals surface area contributed by atoms with Crippen molar-refractivity contribution in [3.8, 4) is 0 Å². The quantitative estimate of drug-likeness (QED) is 0.711. The second-order valence-corrected chi connectivity index (χ2v) is 10.7. The van der Waals surface area contributed by atoms with Crippen molar-refractivity contribution >= 4 is 0 Å². The second kappa shape index (κ2) is 7.59. The van der Waals surface area contributed by atoms with Crippen LogP contribution in [0.2, 0.25) is 0 Å². The Labute approximate surface area is 175 Å². The molecule has 164 valence electrons. The Kier molecular flexibility index (Phi) is 5.93. The van der Waals surface area contributed by atoms with Crippen molar-refractivity contribution in [1.29, 1.82) is 0 Å². The van der Waals surface area contributed by atoms with E-state index in [9.17, 15) is 15.4 Å². The van der Waals surface area contributed by atoms with Gasteiger partial charge in [-0.15, -0.1) is 0 Å². The molecule has 2 heterocycles. The first-order chi connectivity index (χ1) is 13.3. The third-order valence-electron chi connectivity index (χ3n) is 7.14. The first-order valence-electron chi connectivity index (χ1n) is 10.6. The van der Waals surface area contributed by atoms with Gasteiger partial charge in [-0.05, 0) is 72.8 Å². The fourth-order valence-electron chi connectivity index (χ4n) is 5.81. The maximum Gasteiger partial charge on any atom is 0.0936 e. The first-order valence-corrected chi connectivity index (χ1v) is 10.6. The van der Waals surface area contributed by atoms with Gasteiger partial charge < -0.3 is 15.4 Å². The molecule has 0 amide bonds. The van der Waals surface area contributed by atoms with Crippen LogP contribution in [0.3, 0.4) is 0 Å². The second-order valence-electron chi connectivity index (χ2n) is 10.7. The van der Waals surface area contributed by atoms with Crippen LogP contribution in [-0.2, 0) is 11.4 Å². The van der Waals surface area contributed by atoms with E-state index in [1.54, 1.807) is 0 Å². The molecule has 1 aromatic carbocycles. The molecule has 2 aliphatic heterocycles. The van der Waals surface area contributed by atoms with E-state index in [0.29, 0.717) is 32.3 Å². The average Bonchev–Trinajstić information content (AvgIpc) is 2.58. The number of hydroxylamine groups is 4. The van der Waals surface area contributed by atoms with E-state index in [2.05, 4.69) is 13.8 Å². The summed E-state index contributed by atoms with van der Waals surface area (Å²) in [7, 11) is 0. The summed E-state index contributed by atoms with van der Waals surface area (Å²) >= 11 is 0. The topological polar surface area (TPSA) is 76.4 Å². The highest BCUT2D eigenvalue weighted by molar-refractivity contribution is 5.17. The van der Waals surface area contributed by atoms with Crippen molar-refractivity contribution in [1.82, 2.24) is 10.1 Å². The zero-order valence-electron chi connectivity index (χ0n) is 18.7. The Balaban J connectivity index is 2.00. The van der Waals surface area contributed by atoms with Gasteiger partial charge >= 0.3 is 0 Å². The number of nitrogens with zero attached hydrogens (tertiary/aromatic N) is 2. The molecule has 3 N–H and O–H groups in total. The van der Waals surface area contributed by atoms with Gasteiger partial charge in [0.1, 0.15) is 0 Å². The van der Waals surface area contributed by atoms with Gasteiger partial charge in [0.2, 0.25) is 0 Å². The number of hydrogen-bond acceptors (Lipinski definition) is 6. The number of rotatable bonds is 4. The van der Waals surface area contributed by atoms with Crippen molar-refractivity contribution in [2.45, 2.75) is 108 Å². The largest absolute Gasteiger partial charge is 0.393 e. The minimum Gasteiger partial charge on any atom is -0.393 e. The predicted molar refractivity (Wildman–Crippen MR) is 112 cm³/mol. The summed E-state index contributed by atoms with van der Waals surface area (Å²) in [5.41, 5.74) is -1.52. The molecule has 6 nitrogen and oxygen atoms in total. The summed E-state index contributed by atoms with van der Waals surface area (Å²) in [6.45, 7) is 12.4. The van der Waals surface area contributed by atoms with E-state index < -0.39 is 34.4 Å². The lowest BCUT2D eigenvalue weighted by Gasteiger charge is -2.65. The third-order valence-corrected chi connectivity index (χ3v) is 7.14. The van der Waals surface area contributed by atoms with Crippen LogP contribution in [0.4, 0.5) is 0 Å². The molecule has 3 unspecified atom stereocenters. The minimum atomic E-state index is -0.816. The van der Waals surface area contributed by atoms with Crippen LogP contribution < -0.4 is 0 Å². The van der Waals surface area contributed by atoms with Crippen LogP contribution in [-0.4, -0.2) is 59.9 Å². The van der Waals surface area contributed by atoms with Crippen molar-refractivity contribution in [2.75, 3.05) is 0 Å². The van der Waals surface area contributed by atoms with E-state index >= 15 is 0 Å². The lowest BCUT2D eigenvalue weighted by molar-refractivity contribution is -0.370. The third kappa shape index (κ3) is 3.99. The summed E-state index contributed by atoms with van der Waals surface area (Å²) < 4.78 is 0. The minimum absolute atomic E-state index is 0.400. The molecule has 0 bridgehead atoms. The van der Waals surface area contributed by atoms with E-state index in [1.807, 2.05) is 63.1 Å². The summed E-state index contributed by atoms with van der Waals surface area (Å²) in [5.74, 6) is 0. The molecule has 6 heteroatoms. The maximum atomic E-state index is 11.3. The Morgan fingerprint density at radius 3 is 1.93 bits per heavy atom. The van der Waals surface area contributed by atoms with Crippen molar-refractivity contribution in [2.24, 2.45) is 0 Å². The SMILES string of the molecule is CC1(C)CC(O)CC(C)([C@@]2(C)CC(O)CC(C)(C)N2OCc2ccccc2)N1O. The molecule has 2 saturated heterocycles. The first kappa shape index (κ1) is 22.7. The fraction of sp³-hybridized carbons (Fsp3) is 0.739. The Bertz CT molecular complexity index is 710. The number of piperidine rings is 2. The molecule has 0 spiro atoms. The number of benzene rings is 1.